The molecule has 1 amide bonds. The molecule has 0 heterocycles. The Kier molecular flexibility index (Phi) is 5.94. The first-order chi connectivity index (χ1) is 10.3. The van der Waals surface area contributed by atoms with Gasteiger partial charge in [-0.15, -0.1) is 0 Å². The van der Waals surface area contributed by atoms with E-state index in [-0.39, 0.29) is 11.5 Å². The quantitative estimate of drug-likeness (QED) is 0.538. The number of nitrogens with one attached hydrogen (secondary N) is 1. The minimum Gasteiger partial charge on any atom is -0.504 e. The van der Waals surface area contributed by atoms with Crippen molar-refractivity contribution in [3.63, 3.8) is 0 Å². The highest BCUT2D eigenvalue weighted by Gasteiger charge is 2.21. The molecular formula is C14H15NO7. The first kappa shape index (κ1) is 17.0. The van der Waals surface area contributed by atoms with Gasteiger partial charge in [0.05, 0.1) is 13.5 Å². The van der Waals surface area contributed by atoms with Crippen molar-refractivity contribution in [2.24, 2.45) is 0 Å². The van der Waals surface area contributed by atoms with Crippen LogP contribution < -0.4 is 10.1 Å². The number of ether oxygens (including phenoxy) is 1. The lowest BCUT2D eigenvalue weighted by Gasteiger charge is -2.10. The summed E-state index contributed by atoms with van der Waals surface area (Å²) in [6.45, 7) is 0. The summed E-state index contributed by atoms with van der Waals surface area (Å²) in [5.74, 6) is -3.36. The maximum absolute atomic E-state index is 11.6. The monoisotopic (exact) mass is 309 g/mol. The van der Waals surface area contributed by atoms with E-state index in [4.69, 9.17) is 14.9 Å². The highest BCUT2D eigenvalue weighted by atomic mass is 16.5. The number of methoxy groups -OCH3 is 1. The molecule has 0 radical (unpaired) electrons. The van der Waals surface area contributed by atoms with Gasteiger partial charge in [-0.2, -0.15) is 0 Å². The van der Waals surface area contributed by atoms with Crippen LogP contribution in [0.15, 0.2) is 24.3 Å². The molecule has 0 spiro atoms. The third-order valence-corrected chi connectivity index (χ3v) is 2.62. The van der Waals surface area contributed by atoms with Gasteiger partial charge in [-0.05, 0) is 23.8 Å². The molecule has 0 aliphatic rings. The first-order valence-electron chi connectivity index (χ1n) is 6.13. The standard InChI is InChI=1S/C14H15NO7/c1-22-11-6-8(2-4-10(11)16)3-5-12(17)15-9(14(20)21)7-13(18)19/h2-6,9,16H,7H2,1H3,(H,15,17)(H,18,19)(H,20,21)/b5-3+. The molecule has 0 saturated carbocycles. The van der Waals surface area contributed by atoms with Crippen LogP contribution in [0.25, 0.3) is 6.08 Å². The fraction of sp³-hybridized carbons (Fsp3) is 0.214. The Hall–Kier alpha value is -3.03. The van der Waals surface area contributed by atoms with Crippen LogP contribution in [0.3, 0.4) is 0 Å². The number of carbonyl (C=O) groups is 3. The molecule has 1 aromatic carbocycles. The molecule has 1 atom stereocenters. The molecule has 1 unspecified atom stereocenters. The summed E-state index contributed by atoms with van der Waals surface area (Å²) in [6, 6.07) is 2.86. The van der Waals surface area contributed by atoms with Gasteiger partial charge in [0.1, 0.15) is 6.04 Å². The minimum absolute atomic E-state index is 0.0588. The van der Waals surface area contributed by atoms with E-state index in [1.165, 1.54) is 31.4 Å². The molecule has 1 rings (SSSR count). The maximum atomic E-state index is 11.6. The molecule has 0 fully saturated rings. The van der Waals surface area contributed by atoms with Crippen molar-refractivity contribution in [1.29, 1.82) is 0 Å². The molecule has 1 aromatic rings. The van der Waals surface area contributed by atoms with Crippen molar-refractivity contribution in [2.75, 3.05) is 7.11 Å². The molecule has 118 valence electrons. The van der Waals surface area contributed by atoms with Crippen LogP contribution in [0.1, 0.15) is 12.0 Å². The van der Waals surface area contributed by atoms with E-state index < -0.39 is 30.3 Å². The highest BCUT2D eigenvalue weighted by Crippen LogP contribution is 2.26. The van der Waals surface area contributed by atoms with Gasteiger partial charge in [0.15, 0.2) is 11.5 Å². The van der Waals surface area contributed by atoms with Gasteiger partial charge < -0.3 is 25.4 Å². The number of aromatic hydroxyl groups is 1. The van der Waals surface area contributed by atoms with Crippen LogP contribution in [-0.4, -0.2) is 46.3 Å². The predicted molar refractivity (Wildman–Crippen MR) is 75.5 cm³/mol. The number of carboxylic acid groups (broad SMARTS) is 2. The zero-order chi connectivity index (χ0) is 16.7. The lowest BCUT2D eigenvalue weighted by Crippen LogP contribution is -2.41. The Morgan fingerprint density at radius 3 is 2.55 bits per heavy atom. The summed E-state index contributed by atoms with van der Waals surface area (Å²) in [4.78, 5) is 32.9. The van der Waals surface area contributed by atoms with Crippen molar-refractivity contribution >= 4 is 23.9 Å². The largest absolute Gasteiger partial charge is 0.504 e. The smallest absolute Gasteiger partial charge is 0.326 e. The second-order valence-electron chi connectivity index (χ2n) is 4.26. The SMILES string of the molecule is COc1cc(/C=C/C(=O)NC(CC(=O)O)C(=O)O)ccc1O. The van der Waals surface area contributed by atoms with E-state index in [1.807, 2.05) is 0 Å². The summed E-state index contributed by atoms with van der Waals surface area (Å²) in [5, 5.41) is 28.9. The third kappa shape index (κ3) is 5.16. The van der Waals surface area contributed by atoms with E-state index >= 15 is 0 Å². The van der Waals surface area contributed by atoms with Crippen molar-refractivity contribution in [1.82, 2.24) is 5.32 Å². The van der Waals surface area contributed by atoms with Crippen LogP contribution in [0.2, 0.25) is 0 Å². The van der Waals surface area contributed by atoms with Crippen molar-refractivity contribution in [3.8, 4) is 11.5 Å². The number of hydrogen-bond donors (Lipinski definition) is 4. The van der Waals surface area contributed by atoms with E-state index in [0.717, 1.165) is 6.08 Å². The lowest BCUT2D eigenvalue weighted by molar-refractivity contribution is -0.146. The number of rotatable bonds is 7. The van der Waals surface area contributed by atoms with E-state index in [9.17, 15) is 19.5 Å². The van der Waals surface area contributed by atoms with Crippen molar-refractivity contribution in [3.05, 3.63) is 29.8 Å². The number of hydrogen-bond acceptors (Lipinski definition) is 5. The molecule has 0 saturated heterocycles. The molecule has 0 aliphatic heterocycles. The molecule has 0 bridgehead atoms. The summed E-state index contributed by atoms with van der Waals surface area (Å²) in [6.07, 6.45) is 1.71. The first-order valence-corrected chi connectivity index (χ1v) is 6.13. The van der Waals surface area contributed by atoms with E-state index in [0.29, 0.717) is 5.56 Å². The number of phenolic OH excluding ortho intramolecular Hbond substituents is 1. The number of benzene rings is 1. The van der Waals surface area contributed by atoms with Crippen LogP contribution in [0.5, 0.6) is 11.5 Å². The summed E-state index contributed by atoms with van der Waals surface area (Å²) >= 11 is 0. The second-order valence-corrected chi connectivity index (χ2v) is 4.26. The van der Waals surface area contributed by atoms with Gasteiger partial charge in [-0.25, -0.2) is 4.79 Å². The molecule has 8 heteroatoms. The molecule has 0 aliphatic carbocycles. The lowest BCUT2D eigenvalue weighted by atomic mass is 10.1. The number of aliphatic carboxylic acids is 2. The molecule has 8 nitrogen and oxygen atoms in total. The summed E-state index contributed by atoms with van der Waals surface area (Å²) in [5.41, 5.74) is 0.537. The Morgan fingerprint density at radius 2 is 2.00 bits per heavy atom. The highest BCUT2D eigenvalue weighted by molar-refractivity contribution is 5.95. The van der Waals surface area contributed by atoms with Crippen LogP contribution in [0, 0.1) is 0 Å². The van der Waals surface area contributed by atoms with Gasteiger partial charge in [0.25, 0.3) is 0 Å². The topological polar surface area (TPSA) is 133 Å². The zero-order valence-corrected chi connectivity index (χ0v) is 11.6. The number of amides is 1. The van der Waals surface area contributed by atoms with Crippen molar-refractivity contribution < 1.29 is 34.4 Å². The second kappa shape index (κ2) is 7.67. The third-order valence-electron chi connectivity index (χ3n) is 2.62. The Labute approximate surface area is 125 Å². The Morgan fingerprint density at radius 1 is 1.32 bits per heavy atom. The van der Waals surface area contributed by atoms with Gasteiger partial charge in [-0.3, -0.25) is 9.59 Å². The number of phenols is 1. The molecule has 4 N–H and O–H groups in total. The molecule has 22 heavy (non-hydrogen) atoms. The van der Waals surface area contributed by atoms with Crippen LogP contribution in [-0.2, 0) is 14.4 Å². The van der Waals surface area contributed by atoms with Crippen LogP contribution in [0.4, 0.5) is 0 Å². The average molecular weight is 309 g/mol. The number of carbonyl (C=O) groups excluding carboxylic acids is 1. The Bertz CT molecular complexity index is 609. The van der Waals surface area contributed by atoms with Gasteiger partial charge in [0, 0.05) is 6.08 Å². The van der Waals surface area contributed by atoms with Gasteiger partial charge >= 0.3 is 11.9 Å². The van der Waals surface area contributed by atoms with Crippen molar-refractivity contribution in [2.45, 2.75) is 12.5 Å². The van der Waals surface area contributed by atoms with E-state index in [1.54, 1.807) is 0 Å². The van der Waals surface area contributed by atoms with Gasteiger partial charge in [0.2, 0.25) is 5.91 Å². The molecule has 0 aromatic heterocycles. The summed E-state index contributed by atoms with van der Waals surface area (Å²) in [7, 11) is 1.37. The average Bonchev–Trinajstić information content (AvgIpc) is 2.45. The van der Waals surface area contributed by atoms with E-state index in [2.05, 4.69) is 5.32 Å². The number of carboxylic acids is 2. The Balaban J connectivity index is 2.74. The molecular weight excluding hydrogens is 294 g/mol. The maximum Gasteiger partial charge on any atom is 0.326 e. The van der Waals surface area contributed by atoms with Crippen LogP contribution >= 0.6 is 0 Å². The normalized spacial score (nSPS) is 11.9. The fourth-order valence-corrected chi connectivity index (χ4v) is 1.56. The fourth-order valence-electron chi connectivity index (χ4n) is 1.56. The van der Waals surface area contributed by atoms with Gasteiger partial charge in [-0.1, -0.05) is 6.07 Å². The summed E-state index contributed by atoms with van der Waals surface area (Å²) < 4.78 is 4.90. The zero-order valence-electron chi connectivity index (χ0n) is 11.6. The minimum atomic E-state index is -1.51. The predicted octanol–water partition coefficient (Wildman–Crippen LogP) is 0.458.